The van der Waals surface area contributed by atoms with Crippen molar-refractivity contribution in [1.82, 2.24) is 10.2 Å². The van der Waals surface area contributed by atoms with Gasteiger partial charge in [0, 0.05) is 30.7 Å². The molecular weight excluding hydrogens is 371 g/mol. The molecule has 1 aromatic rings. The average molecular weight is 395 g/mol. The van der Waals surface area contributed by atoms with E-state index in [1.165, 1.54) is 12.1 Å². The predicted octanol–water partition coefficient (Wildman–Crippen LogP) is 3.86. The quantitative estimate of drug-likeness (QED) is 0.813. The van der Waals surface area contributed by atoms with E-state index in [1.807, 2.05) is 0 Å². The van der Waals surface area contributed by atoms with Gasteiger partial charge in [0.1, 0.15) is 0 Å². The van der Waals surface area contributed by atoms with E-state index < -0.39 is 17.8 Å². The molecule has 152 valence electrons. The summed E-state index contributed by atoms with van der Waals surface area (Å²) in [6.07, 6.45) is -0.788. The summed E-state index contributed by atoms with van der Waals surface area (Å²) in [7, 11) is 0. The van der Waals surface area contributed by atoms with Gasteiger partial charge in [-0.3, -0.25) is 4.79 Å². The van der Waals surface area contributed by atoms with Crippen LogP contribution in [0.2, 0.25) is 0 Å². The van der Waals surface area contributed by atoms with Gasteiger partial charge in [0.05, 0.1) is 5.56 Å². The summed E-state index contributed by atoms with van der Waals surface area (Å²) >= 11 is 0. The number of nitrogens with one attached hydrogen (secondary N) is 2. The van der Waals surface area contributed by atoms with E-state index in [0.29, 0.717) is 24.9 Å². The van der Waals surface area contributed by atoms with Crippen LogP contribution in [-0.2, 0) is 11.0 Å². The van der Waals surface area contributed by atoms with Gasteiger partial charge in [-0.1, -0.05) is 13.0 Å². The van der Waals surface area contributed by atoms with Gasteiger partial charge in [0.2, 0.25) is 5.91 Å². The number of nitrogens with zero attached hydrogens (tertiary/aromatic N) is 1. The SMILES string of the molecule is C[C@H]1C[C@@H]2[C@@H](CC(=O)N2C2CC2)[C@@H]1CNC(=O)Nc1cccc(C(F)(F)F)c1. The van der Waals surface area contributed by atoms with Crippen molar-refractivity contribution >= 4 is 17.6 Å². The van der Waals surface area contributed by atoms with Crippen LogP contribution < -0.4 is 10.6 Å². The van der Waals surface area contributed by atoms with Crippen molar-refractivity contribution in [2.75, 3.05) is 11.9 Å². The molecule has 0 aromatic heterocycles. The number of alkyl halides is 3. The van der Waals surface area contributed by atoms with Gasteiger partial charge in [0.25, 0.3) is 0 Å². The van der Waals surface area contributed by atoms with Gasteiger partial charge in [-0.2, -0.15) is 13.2 Å². The first-order chi connectivity index (χ1) is 13.2. The maximum absolute atomic E-state index is 12.8. The molecule has 1 heterocycles. The average Bonchev–Trinajstić information content (AvgIpc) is 3.33. The van der Waals surface area contributed by atoms with Crippen molar-refractivity contribution in [2.45, 2.75) is 50.9 Å². The number of halogens is 3. The van der Waals surface area contributed by atoms with Crippen molar-refractivity contribution in [1.29, 1.82) is 0 Å². The molecule has 2 saturated carbocycles. The Morgan fingerprint density at radius 2 is 2.04 bits per heavy atom. The number of anilines is 1. The molecule has 3 amide bonds. The number of likely N-dealkylation sites (tertiary alicyclic amines) is 1. The number of fused-ring (bicyclic) bond motifs is 1. The number of benzene rings is 1. The van der Waals surface area contributed by atoms with Crippen molar-refractivity contribution in [3.05, 3.63) is 29.8 Å². The summed E-state index contributed by atoms with van der Waals surface area (Å²) in [5.74, 6) is 1.06. The molecular formula is C20H24F3N3O2. The van der Waals surface area contributed by atoms with Crippen molar-refractivity contribution < 1.29 is 22.8 Å². The number of hydrogen-bond acceptors (Lipinski definition) is 2. The lowest BCUT2D eigenvalue weighted by Gasteiger charge is -2.24. The van der Waals surface area contributed by atoms with Crippen LogP contribution in [-0.4, -0.2) is 35.5 Å². The van der Waals surface area contributed by atoms with Crippen LogP contribution in [0, 0.1) is 17.8 Å². The highest BCUT2D eigenvalue weighted by Crippen LogP contribution is 2.49. The lowest BCUT2D eigenvalue weighted by molar-refractivity contribution is -0.137. The lowest BCUT2D eigenvalue weighted by atomic mass is 9.88. The van der Waals surface area contributed by atoms with Gasteiger partial charge < -0.3 is 15.5 Å². The van der Waals surface area contributed by atoms with E-state index in [2.05, 4.69) is 22.5 Å². The molecule has 5 nitrogen and oxygen atoms in total. The number of urea groups is 1. The maximum Gasteiger partial charge on any atom is 0.416 e. The Kier molecular flexibility index (Phi) is 4.75. The molecule has 3 aliphatic rings. The summed E-state index contributed by atoms with van der Waals surface area (Å²) in [4.78, 5) is 26.6. The van der Waals surface area contributed by atoms with E-state index >= 15 is 0 Å². The molecule has 4 rings (SSSR count). The third kappa shape index (κ3) is 3.69. The molecule has 3 fully saturated rings. The highest BCUT2D eigenvalue weighted by molar-refractivity contribution is 5.89. The molecule has 1 aromatic carbocycles. The lowest BCUT2D eigenvalue weighted by Crippen LogP contribution is -2.37. The molecule has 0 radical (unpaired) electrons. The first kappa shape index (κ1) is 19.1. The predicted molar refractivity (Wildman–Crippen MR) is 97.5 cm³/mol. The molecule has 8 heteroatoms. The van der Waals surface area contributed by atoms with Gasteiger partial charge >= 0.3 is 12.2 Å². The topological polar surface area (TPSA) is 61.4 Å². The molecule has 4 atom stereocenters. The monoisotopic (exact) mass is 395 g/mol. The van der Waals surface area contributed by atoms with E-state index in [4.69, 9.17) is 0 Å². The second kappa shape index (κ2) is 6.97. The minimum absolute atomic E-state index is 0.0978. The zero-order valence-electron chi connectivity index (χ0n) is 15.6. The molecule has 0 bridgehead atoms. The molecule has 0 unspecified atom stereocenters. The van der Waals surface area contributed by atoms with Crippen molar-refractivity contribution in [2.24, 2.45) is 17.8 Å². The minimum atomic E-state index is -4.45. The Bertz CT molecular complexity index is 778. The second-order valence-corrected chi connectivity index (χ2v) is 8.26. The van der Waals surface area contributed by atoms with Crippen LogP contribution in [0.15, 0.2) is 24.3 Å². The number of amides is 3. The van der Waals surface area contributed by atoms with E-state index in [0.717, 1.165) is 31.4 Å². The Balaban J connectivity index is 1.34. The van der Waals surface area contributed by atoms with E-state index in [-0.39, 0.29) is 29.5 Å². The molecule has 28 heavy (non-hydrogen) atoms. The molecule has 2 aliphatic carbocycles. The summed E-state index contributed by atoms with van der Waals surface area (Å²) < 4.78 is 38.4. The van der Waals surface area contributed by atoms with Gasteiger partial charge in [-0.25, -0.2) is 4.79 Å². The normalized spacial score (nSPS) is 29.7. The zero-order valence-corrected chi connectivity index (χ0v) is 15.6. The van der Waals surface area contributed by atoms with Crippen LogP contribution in [0.1, 0.15) is 38.2 Å². The fraction of sp³-hybridized carbons (Fsp3) is 0.600. The smallest absolute Gasteiger partial charge is 0.338 e. The Labute approximate surface area is 161 Å². The van der Waals surface area contributed by atoms with Crippen LogP contribution in [0.25, 0.3) is 0 Å². The van der Waals surface area contributed by atoms with Crippen molar-refractivity contribution in [3.8, 4) is 0 Å². The third-order valence-electron chi connectivity index (χ3n) is 6.33. The Morgan fingerprint density at radius 3 is 2.71 bits per heavy atom. The van der Waals surface area contributed by atoms with Gasteiger partial charge in [-0.05, 0) is 55.2 Å². The summed E-state index contributed by atoms with van der Waals surface area (Å²) in [6, 6.07) is 4.71. The van der Waals surface area contributed by atoms with Crippen LogP contribution >= 0.6 is 0 Å². The number of carbonyl (C=O) groups is 2. The van der Waals surface area contributed by atoms with Crippen molar-refractivity contribution in [3.63, 3.8) is 0 Å². The fourth-order valence-electron chi connectivity index (χ4n) is 4.88. The molecule has 1 aliphatic heterocycles. The summed E-state index contributed by atoms with van der Waals surface area (Å²) in [5.41, 5.74) is -0.706. The highest BCUT2D eigenvalue weighted by atomic mass is 19.4. The largest absolute Gasteiger partial charge is 0.416 e. The first-order valence-corrected chi connectivity index (χ1v) is 9.77. The van der Waals surface area contributed by atoms with E-state index in [9.17, 15) is 22.8 Å². The van der Waals surface area contributed by atoms with Crippen LogP contribution in [0.5, 0.6) is 0 Å². The summed E-state index contributed by atoms with van der Waals surface area (Å²) in [6.45, 7) is 2.56. The number of hydrogen-bond donors (Lipinski definition) is 2. The van der Waals surface area contributed by atoms with Gasteiger partial charge in [-0.15, -0.1) is 0 Å². The second-order valence-electron chi connectivity index (χ2n) is 8.26. The fourth-order valence-corrected chi connectivity index (χ4v) is 4.88. The standard InChI is InChI=1S/C20H24F3N3O2/c1-11-7-17-15(9-18(27)26(17)14-5-6-14)16(11)10-24-19(28)25-13-4-2-3-12(8-13)20(21,22)23/h2-4,8,11,14-17H,5-7,9-10H2,1H3,(H2,24,25,28)/t11-,15-,16+,17+/m0/s1. The van der Waals surface area contributed by atoms with E-state index in [1.54, 1.807) is 0 Å². The number of carbonyl (C=O) groups excluding carboxylic acids is 2. The molecule has 2 N–H and O–H groups in total. The van der Waals surface area contributed by atoms with Crippen LogP contribution in [0.4, 0.5) is 23.7 Å². The van der Waals surface area contributed by atoms with Gasteiger partial charge in [0.15, 0.2) is 0 Å². The first-order valence-electron chi connectivity index (χ1n) is 9.77. The Morgan fingerprint density at radius 1 is 1.29 bits per heavy atom. The summed E-state index contributed by atoms with van der Waals surface area (Å²) in [5, 5.41) is 5.26. The van der Waals surface area contributed by atoms with Crippen LogP contribution in [0.3, 0.4) is 0 Å². The highest BCUT2D eigenvalue weighted by Gasteiger charge is 2.53. The minimum Gasteiger partial charge on any atom is -0.338 e. The maximum atomic E-state index is 12.8. The Hall–Kier alpha value is -2.25. The third-order valence-corrected chi connectivity index (χ3v) is 6.33. The molecule has 0 spiro atoms. The zero-order chi connectivity index (χ0) is 20.1. The number of rotatable bonds is 4. The molecule has 1 saturated heterocycles.